The maximum absolute atomic E-state index is 10.2. The van der Waals surface area contributed by atoms with Crippen molar-refractivity contribution in [1.82, 2.24) is 14.8 Å². The molecule has 142 valence electrons. The van der Waals surface area contributed by atoms with Gasteiger partial charge in [0.25, 0.3) is 0 Å². The predicted molar refractivity (Wildman–Crippen MR) is 107 cm³/mol. The Morgan fingerprint density at radius 3 is 2.85 bits per heavy atom. The Balaban J connectivity index is 1.92. The van der Waals surface area contributed by atoms with Gasteiger partial charge in [-0.25, -0.2) is 0 Å². The summed E-state index contributed by atoms with van der Waals surface area (Å²) < 4.78 is 7.59. The SMILES string of the molecule is CCOc1cccc(C=NCCCc2nnc(SC)n2CC(C)C)c1O. The highest BCUT2D eigenvalue weighted by Gasteiger charge is 2.12. The molecule has 0 fully saturated rings. The van der Waals surface area contributed by atoms with Crippen LogP contribution in [0.1, 0.15) is 38.6 Å². The summed E-state index contributed by atoms with van der Waals surface area (Å²) in [5.74, 6) is 2.19. The fourth-order valence-corrected chi connectivity index (χ4v) is 3.13. The lowest BCUT2D eigenvalue weighted by Crippen LogP contribution is -2.10. The van der Waals surface area contributed by atoms with Gasteiger partial charge in [0.1, 0.15) is 5.82 Å². The number of hydrogen-bond acceptors (Lipinski definition) is 6. The molecule has 0 spiro atoms. The fourth-order valence-electron chi connectivity index (χ4n) is 2.61. The second-order valence-corrected chi connectivity index (χ2v) is 7.15. The lowest BCUT2D eigenvalue weighted by Gasteiger charge is -2.11. The first-order valence-corrected chi connectivity index (χ1v) is 10.2. The number of phenols is 1. The van der Waals surface area contributed by atoms with E-state index < -0.39 is 0 Å². The summed E-state index contributed by atoms with van der Waals surface area (Å²) in [6.45, 7) is 8.40. The normalized spacial score (nSPS) is 11.6. The Hall–Kier alpha value is -2.02. The van der Waals surface area contributed by atoms with Crippen LogP contribution in [0.4, 0.5) is 0 Å². The summed E-state index contributed by atoms with van der Waals surface area (Å²) in [6, 6.07) is 5.43. The van der Waals surface area contributed by atoms with E-state index in [2.05, 4.69) is 33.6 Å². The van der Waals surface area contributed by atoms with Crippen molar-refractivity contribution in [3.05, 3.63) is 29.6 Å². The van der Waals surface area contributed by atoms with E-state index in [-0.39, 0.29) is 5.75 Å². The summed E-state index contributed by atoms with van der Waals surface area (Å²) in [7, 11) is 0. The molecule has 7 heteroatoms. The van der Waals surface area contributed by atoms with Crippen LogP contribution in [0.25, 0.3) is 0 Å². The summed E-state index contributed by atoms with van der Waals surface area (Å²) in [5.41, 5.74) is 0.670. The monoisotopic (exact) mass is 376 g/mol. The summed E-state index contributed by atoms with van der Waals surface area (Å²) >= 11 is 1.63. The van der Waals surface area contributed by atoms with Crippen LogP contribution in [0.2, 0.25) is 0 Å². The lowest BCUT2D eigenvalue weighted by molar-refractivity contribution is 0.318. The van der Waals surface area contributed by atoms with E-state index in [0.717, 1.165) is 30.4 Å². The Labute approximate surface area is 159 Å². The van der Waals surface area contributed by atoms with Gasteiger partial charge >= 0.3 is 0 Å². The van der Waals surface area contributed by atoms with Gasteiger partial charge in [-0.05, 0) is 37.7 Å². The van der Waals surface area contributed by atoms with Crippen LogP contribution >= 0.6 is 11.8 Å². The maximum atomic E-state index is 10.2. The Morgan fingerprint density at radius 2 is 2.15 bits per heavy atom. The lowest BCUT2D eigenvalue weighted by atomic mass is 10.2. The molecule has 0 aliphatic rings. The highest BCUT2D eigenvalue weighted by atomic mass is 32.2. The van der Waals surface area contributed by atoms with Crippen LogP contribution in [0.5, 0.6) is 11.5 Å². The largest absolute Gasteiger partial charge is 0.504 e. The molecule has 0 bridgehead atoms. The van der Waals surface area contributed by atoms with E-state index in [1.807, 2.05) is 25.3 Å². The zero-order valence-corrected chi connectivity index (χ0v) is 16.8. The van der Waals surface area contributed by atoms with Gasteiger partial charge in [0, 0.05) is 31.3 Å². The number of para-hydroxylation sites is 1. The predicted octanol–water partition coefficient (Wildman–Crippen LogP) is 3.81. The molecule has 0 radical (unpaired) electrons. The number of aromatic hydroxyl groups is 1. The zero-order chi connectivity index (χ0) is 18.9. The molecule has 0 aliphatic carbocycles. The Kier molecular flexibility index (Phi) is 7.97. The third kappa shape index (κ3) is 5.49. The number of thioether (sulfide) groups is 1. The maximum Gasteiger partial charge on any atom is 0.190 e. The average Bonchev–Trinajstić information content (AvgIpc) is 2.99. The molecule has 1 aromatic heterocycles. The van der Waals surface area contributed by atoms with E-state index in [4.69, 9.17) is 4.74 Å². The molecular formula is C19H28N4O2S. The van der Waals surface area contributed by atoms with Crippen molar-refractivity contribution < 1.29 is 9.84 Å². The summed E-state index contributed by atoms with van der Waals surface area (Å²) in [6.07, 6.45) is 5.44. The zero-order valence-electron chi connectivity index (χ0n) is 16.0. The topological polar surface area (TPSA) is 72.5 Å². The van der Waals surface area contributed by atoms with Crippen molar-refractivity contribution >= 4 is 18.0 Å². The first-order valence-electron chi connectivity index (χ1n) is 8.97. The van der Waals surface area contributed by atoms with E-state index >= 15 is 0 Å². The van der Waals surface area contributed by atoms with Crippen molar-refractivity contribution in [1.29, 1.82) is 0 Å². The number of ether oxygens (including phenoxy) is 1. The number of aliphatic imine (C=N–C) groups is 1. The van der Waals surface area contributed by atoms with Crippen LogP contribution in [-0.4, -0.2) is 45.5 Å². The fraction of sp³-hybridized carbons (Fsp3) is 0.526. The highest BCUT2D eigenvalue weighted by Crippen LogP contribution is 2.28. The number of aromatic nitrogens is 3. The molecule has 6 nitrogen and oxygen atoms in total. The molecule has 2 rings (SSSR count). The van der Waals surface area contributed by atoms with Crippen molar-refractivity contribution in [2.45, 2.75) is 45.3 Å². The second kappa shape index (κ2) is 10.2. The number of nitrogens with zero attached hydrogens (tertiary/aromatic N) is 4. The molecule has 1 N–H and O–H groups in total. The minimum atomic E-state index is 0.138. The minimum absolute atomic E-state index is 0.138. The average molecular weight is 377 g/mol. The van der Waals surface area contributed by atoms with Gasteiger partial charge in [0.2, 0.25) is 0 Å². The van der Waals surface area contributed by atoms with Crippen LogP contribution in [0.3, 0.4) is 0 Å². The standard InChI is InChI=1S/C19H28N4O2S/c1-5-25-16-9-6-8-15(18(16)24)12-20-11-7-10-17-21-22-19(26-4)23(17)13-14(2)3/h6,8-9,12,14,24H,5,7,10-11,13H2,1-4H3. The van der Waals surface area contributed by atoms with Gasteiger partial charge in [-0.2, -0.15) is 0 Å². The van der Waals surface area contributed by atoms with Gasteiger partial charge in [0.05, 0.1) is 6.61 Å². The van der Waals surface area contributed by atoms with Gasteiger partial charge in [-0.15, -0.1) is 10.2 Å². The molecule has 0 saturated carbocycles. The molecule has 2 aromatic rings. The molecule has 26 heavy (non-hydrogen) atoms. The molecular weight excluding hydrogens is 348 g/mol. The van der Waals surface area contributed by atoms with Crippen molar-refractivity contribution in [3.63, 3.8) is 0 Å². The van der Waals surface area contributed by atoms with E-state index in [9.17, 15) is 5.11 Å². The number of aryl methyl sites for hydroxylation is 1. The van der Waals surface area contributed by atoms with E-state index in [1.165, 1.54) is 0 Å². The third-order valence-electron chi connectivity index (χ3n) is 3.77. The van der Waals surface area contributed by atoms with Crippen LogP contribution in [-0.2, 0) is 13.0 Å². The smallest absolute Gasteiger partial charge is 0.190 e. The number of rotatable bonds is 10. The van der Waals surface area contributed by atoms with Crippen LogP contribution in [0.15, 0.2) is 28.3 Å². The van der Waals surface area contributed by atoms with E-state index in [0.29, 0.717) is 30.4 Å². The van der Waals surface area contributed by atoms with Crippen molar-refractivity contribution in [2.75, 3.05) is 19.4 Å². The Bertz CT molecular complexity index is 728. The molecule has 0 atom stereocenters. The quantitative estimate of drug-likeness (QED) is 0.388. The molecule has 1 aromatic carbocycles. The third-order valence-corrected chi connectivity index (χ3v) is 4.44. The number of benzene rings is 1. The van der Waals surface area contributed by atoms with Gasteiger partial charge in [-0.3, -0.25) is 4.99 Å². The summed E-state index contributed by atoms with van der Waals surface area (Å²) in [4.78, 5) is 4.43. The first kappa shape index (κ1) is 20.3. The first-order chi connectivity index (χ1) is 12.6. The number of hydrogen-bond donors (Lipinski definition) is 1. The van der Waals surface area contributed by atoms with Crippen molar-refractivity contribution in [3.8, 4) is 11.5 Å². The molecule has 0 saturated heterocycles. The Morgan fingerprint density at radius 1 is 1.35 bits per heavy atom. The van der Waals surface area contributed by atoms with E-state index in [1.54, 1.807) is 24.0 Å². The molecule has 0 aliphatic heterocycles. The van der Waals surface area contributed by atoms with Crippen molar-refractivity contribution in [2.24, 2.45) is 10.9 Å². The molecule has 1 heterocycles. The highest BCUT2D eigenvalue weighted by molar-refractivity contribution is 7.98. The number of phenolic OH excluding ortho intramolecular Hbond substituents is 1. The van der Waals surface area contributed by atoms with Crippen LogP contribution < -0.4 is 4.74 Å². The molecule has 0 unspecified atom stereocenters. The van der Waals surface area contributed by atoms with Gasteiger partial charge in [0.15, 0.2) is 16.7 Å². The summed E-state index contributed by atoms with van der Waals surface area (Å²) in [5, 5.41) is 19.7. The second-order valence-electron chi connectivity index (χ2n) is 6.37. The minimum Gasteiger partial charge on any atom is -0.504 e. The van der Waals surface area contributed by atoms with Gasteiger partial charge < -0.3 is 14.4 Å². The van der Waals surface area contributed by atoms with Crippen LogP contribution in [0, 0.1) is 5.92 Å². The van der Waals surface area contributed by atoms with Gasteiger partial charge in [-0.1, -0.05) is 31.7 Å². The molecule has 0 amide bonds.